The molecule has 0 radical (unpaired) electrons. The largest absolute Gasteiger partial charge is 0.469 e. The van der Waals surface area contributed by atoms with Gasteiger partial charge in [-0.1, -0.05) is 31.9 Å². The van der Waals surface area contributed by atoms with Gasteiger partial charge in [0.1, 0.15) is 12.2 Å². The van der Waals surface area contributed by atoms with E-state index < -0.39 is 0 Å². The third-order valence-corrected chi connectivity index (χ3v) is 10.5. The second-order valence-corrected chi connectivity index (χ2v) is 12.2. The third-order valence-electron chi connectivity index (χ3n) is 10.5. The second kappa shape index (κ2) is 9.89. The minimum absolute atomic E-state index is 0.0319. The van der Waals surface area contributed by atoms with Crippen molar-refractivity contribution < 1.29 is 28.6 Å². The number of allylic oxidation sites excluding steroid dienone is 1. The van der Waals surface area contributed by atoms with Crippen molar-refractivity contribution in [2.45, 2.75) is 111 Å². The van der Waals surface area contributed by atoms with Crippen LogP contribution in [0.2, 0.25) is 0 Å². The van der Waals surface area contributed by atoms with Crippen LogP contribution in [0.25, 0.3) is 0 Å². The summed E-state index contributed by atoms with van der Waals surface area (Å²) in [6.07, 6.45) is 9.26. The molecule has 35 heavy (non-hydrogen) atoms. The highest BCUT2D eigenvalue weighted by atomic mass is 16.5. The van der Waals surface area contributed by atoms with Crippen molar-refractivity contribution >= 4 is 17.9 Å². The Morgan fingerprint density at radius 2 is 1.71 bits per heavy atom. The van der Waals surface area contributed by atoms with Crippen LogP contribution in [0.5, 0.6) is 0 Å². The lowest BCUT2D eigenvalue weighted by Crippen LogP contribution is -2.53. The molecule has 8 atom stereocenters. The number of hydrogen-bond acceptors (Lipinski definition) is 6. The fourth-order valence-corrected chi connectivity index (χ4v) is 8.69. The molecule has 0 aromatic carbocycles. The van der Waals surface area contributed by atoms with Crippen molar-refractivity contribution in [3.05, 3.63) is 11.1 Å². The average Bonchev–Trinajstić information content (AvgIpc) is 3.16. The van der Waals surface area contributed by atoms with Crippen LogP contribution in [0.1, 0.15) is 98.8 Å². The summed E-state index contributed by atoms with van der Waals surface area (Å²) in [4.78, 5) is 35.7. The summed E-state index contributed by atoms with van der Waals surface area (Å²) >= 11 is 0. The highest BCUT2D eigenvalue weighted by Crippen LogP contribution is 2.66. The van der Waals surface area contributed by atoms with Crippen LogP contribution in [0, 0.1) is 34.5 Å². The quantitative estimate of drug-likeness (QED) is 0.268. The summed E-state index contributed by atoms with van der Waals surface area (Å²) in [5, 5.41) is 0. The van der Waals surface area contributed by atoms with E-state index in [9.17, 15) is 14.4 Å². The molecular weight excluding hydrogens is 444 g/mol. The summed E-state index contributed by atoms with van der Waals surface area (Å²) in [5.41, 5.74) is 3.14. The first-order valence-corrected chi connectivity index (χ1v) is 13.6. The van der Waals surface area contributed by atoms with E-state index in [2.05, 4.69) is 20.8 Å². The van der Waals surface area contributed by atoms with Crippen LogP contribution in [0.3, 0.4) is 0 Å². The van der Waals surface area contributed by atoms with E-state index in [4.69, 9.17) is 14.2 Å². The van der Waals surface area contributed by atoms with Crippen molar-refractivity contribution in [3.8, 4) is 0 Å². The van der Waals surface area contributed by atoms with Crippen molar-refractivity contribution in [2.24, 2.45) is 34.5 Å². The molecule has 0 bridgehead atoms. The SMILES string of the molecule is COC(=O)CCC(C)C1CCC2=C3CCC4CC(OC(C)=O)CCC4(C)C3CC(OC(C)=O)C21C. The van der Waals surface area contributed by atoms with Gasteiger partial charge in [-0.05, 0) is 86.9 Å². The highest BCUT2D eigenvalue weighted by Gasteiger charge is 2.60. The molecule has 3 saturated carbocycles. The molecule has 8 unspecified atom stereocenters. The van der Waals surface area contributed by atoms with Gasteiger partial charge in [-0.3, -0.25) is 14.4 Å². The zero-order chi connectivity index (χ0) is 25.5. The molecule has 4 aliphatic carbocycles. The molecule has 0 N–H and O–H groups in total. The van der Waals surface area contributed by atoms with Gasteiger partial charge in [0, 0.05) is 25.7 Å². The van der Waals surface area contributed by atoms with Gasteiger partial charge >= 0.3 is 17.9 Å². The molecule has 6 heteroatoms. The third kappa shape index (κ3) is 4.67. The monoisotopic (exact) mass is 488 g/mol. The molecule has 6 nitrogen and oxygen atoms in total. The minimum Gasteiger partial charge on any atom is -0.469 e. The number of carbonyl (C=O) groups excluding carboxylic acids is 3. The lowest BCUT2D eigenvalue weighted by molar-refractivity contribution is -0.160. The number of hydrogen-bond donors (Lipinski definition) is 0. The fraction of sp³-hybridized carbons (Fsp3) is 0.828. The maximum atomic E-state index is 12.3. The van der Waals surface area contributed by atoms with E-state index >= 15 is 0 Å². The first-order valence-electron chi connectivity index (χ1n) is 13.6. The number of carbonyl (C=O) groups is 3. The number of rotatable bonds is 6. The van der Waals surface area contributed by atoms with E-state index in [1.165, 1.54) is 26.5 Å². The maximum absolute atomic E-state index is 12.3. The number of methoxy groups -OCH3 is 1. The van der Waals surface area contributed by atoms with E-state index in [1.807, 2.05) is 0 Å². The van der Waals surface area contributed by atoms with Gasteiger partial charge < -0.3 is 14.2 Å². The van der Waals surface area contributed by atoms with Gasteiger partial charge in [-0.15, -0.1) is 0 Å². The van der Waals surface area contributed by atoms with Gasteiger partial charge in [0.05, 0.1) is 7.11 Å². The predicted molar refractivity (Wildman–Crippen MR) is 132 cm³/mol. The smallest absolute Gasteiger partial charge is 0.305 e. The first kappa shape index (κ1) is 26.2. The molecule has 0 spiro atoms. The molecular formula is C29H44O6. The lowest BCUT2D eigenvalue weighted by atomic mass is 9.48. The fourth-order valence-electron chi connectivity index (χ4n) is 8.69. The summed E-state index contributed by atoms with van der Waals surface area (Å²) in [7, 11) is 1.45. The summed E-state index contributed by atoms with van der Waals surface area (Å²) in [5.74, 6) is 1.11. The van der Waals surface area contributed by atoms with Gasteiger partial charge in [0.25, 0.3) is 0 Å². The zero-order valence-electron chi connectivity index (χ0n) is 22.5. The van der Waals surface area contributed by atoms with Crippen molar-refractivity contribution in [3.63, 3.8) is 0 Å². The maximum Gasteiger partial charge on any atom is 0.305 e. The molecule has 0 aliphatic heterocycles. The predicted octanol–water partition coefficient (Wildman–Crippen LogP) is 5.77. The molecule has 0 heterocycles. The Bertz CT molecular complexity index is 892. The normalized spacial score (nSPS) is 39.1. The van der Waals surface area contributed by atoms with Crippen LogP contribution in [-0.2, 0) is 28.6 Å². The zero-order valence-corrected chi connectivity index (χ0v) is 22.5. The van der Waals surface area contributed by atoms with Crippen molar-refractivity contribution in [1.29, 1.82) is 0 Å². The van der Waals surface area contributed by atoms with Crippen LogP contribution < -0.4 is 0 Å². The van der Waals surface area contributed by atoms with Crippen LogP contribution >= 0.6 is 0 Å². The number of fused-ring (bicyclic) bond motifs is 4. The standard InChI is InChI=1S/C29H44O6/c1-17(7-12-27(32)33-6)23-10-11-24-22-9-8-20-15-21(34-18(2)30)13-14-28(20,4)25(22)16-26(29(23,24)5)35-19(3)31/h17,20-21,23,25-26H,7-16H2,1-6H3. The van der Waals surface area contributed by atoms with Crippen molar-refractivity contribution in [2.75, 3.05) is 7.11 Å². The van der Waals surface area contributed by atoms with E-state index in [-0.39, 0.29) is 40.9 Å². The van der Waals surface area contributed by atoms with Gasteiger partial charge in [0.15, 0.2) is 0 Å². The second-order valence-electron chi connectivity index (χ2n) is 12.2. The molecule has 4 aliphatic rings. The summed E-state index contributed by atoms with van der Waals surface area (Å²) < 4.78 is 16.6. The Balaban J connectivity index is 1.64. The van der Waals surface area contributed by atoms with Gasteiger partial charge in [-0.25, -0.2) is 0 Å². The Kier molecular flexibility index (Phi) is 7.41. The Labute approximate surface area is 210 Å². The van der Waals surface area contributed by atoms with Crippen molar-refractivity contribution in [1.82, 2.24) is 0 Å². The molecule has 4 rings (SSSR count). The van der Waals surface area contributed by atoms with E-state index in [0.29, 0.717) is 30.1 Å². The lowest BCUT2D eigenvalue weighted by Gasteiger charge is -2.58. The highest BCUT2D eigenvalue weighted by molar-refractivity contribution is 5.69. The summed E-state index contributed by atoms with van der Waals surface area (Å²) in [6, 6.07) is 0. The molecule has 196 valence electrons. The van der Waals surface area contributed by atoms with Crippen LogP contribution in [0.4, 0.5) is 0 Å². The molecule has 0 amide bonds. The molecule has 0 aromatic rings. The Hall–Kier alpha value is -1.85. The average molecular weight is 489 g/mol. The number of ether oxygens (including phenoxy) is 3. The Morgan fingerprint density at radius 1 is 1.00 bits per heavy atom. The first-order chi connectivity index (χ1) is 16.5. The molecule has 3 fully saturated rings. The Morgan fingerprint density at radius 3 is 2.37 bits per heavy atom. The topological polar surface area (TPSA) is 78.9 Å². The van der Waals surface area contributed by atoms with Gasteiger partial charge in [-0.2, -0.15) is 0 Å². The van der Waals surface area contributed by atoms with Crippen LogP contribution in [0.15, 0.2) is 11.1 Å². The molecule has 0 aromatic heterocycles. The van der Waals surface area contributed by atoms with E-state index in [1.54, 1.807) is 5.57 Å². The molecule has 0 saturated heterocycles. The van der Waals surface area contributed by atoms with E-state index in [0.717, 1.165) is 57.8 Å². The van der Waals surface area contributed by atoms with Gasteiger partial charge in [0.2, 0.25) is 0 Å². The minimum atomic E-state index is -0.206. The van der Waals surface area contributed by atoms with Crippen LogP contribution in [-0.4, -0.2) is 37.2 Å². The number of esters is 3. The summed E-state index contributed by atoms with van der Waals surface area (Å²) in [6.45, 7) is 10.1.